The molecule has 128 valence electrons. The number of halogens is 1. The number of aliphatic imine (C=N–C) groups is 1. The molecule has 1 heterocycles. The number of hydrogen-bond donors (Lipinski definition) is 2. The van der Waals surface area contributed by atoms with Crippen LogP contribution in [-0.4, -0.2) is 55.8 Å². The Bertz CT molecular complexity index is 571. The highest BCUT2D eigenvalue weighted by molar-refractivity contribution is 14.0. The Kier molecular flexibility index (Phi) is 9.65. The van der Waals surface area contributed by atoms with Crippen molar-refractivity contribution < 1.29 is 8.42 Å². The van der Waals surface area contributed by atoms with Crippen molar-refractivity contribution in [3.05, 3.63) is 18.0 Å². The summed E-state index contributed by atoms with van der Waals surface area (Å²) >= 11 is 0. The number of guanidine groups is 1. The summed E-state index contributed by atoms with van der Waals surface area (Å²) in [6.07, 6.45) is 6.48. The maximum atomic E-state index is 11.1. The highest BCUT2D eigenvalue weighted by Gasteiger charge is 2.09. The Morgan fingerprint density at radius 2 is 2.18 bits per heavy atom. The zero-order valence-corrected chi connectivity index (χ0v) is 16.7. The summed E-state index contributed by atoms with van der Waals surface area (Å²) in [4.78, 5) is 4.13. The molecule has 0 radical (unpaired) electrons. The fraction of sp³-hybridized carbons (Fsp3) is 0.692. The van der Waals surface area contributed by atoms with E-state index in [0.29, 0.717) is 12.4 Å². The van der Waals surface area contributed by atoms with Gasteiger partial charge in [-0.25, -0.2) is 8.42 Å². The van der Waals surface area contributed by atoms with E-state index >= 15 is 0 Å². The lowest BCUT2D eigenvalue weighted by atomic mass is 10.2. The van der Waals surface area contributed by atoms with Crippen LogP contribution in [0.4, 0.5) is 0 Å². The first-order valence-electron chi connectivity index (χ1n) is 6.92. The summed E-state index contributed by atoms with van der Waals surface area (Å²) in [6, 6.07) is 0.0457. The summed E-state index contributed by atoms with van der Waals surface area (Å²) < 4.78 is 24.1. The van der Waals surface area contributed by atoms with Crippen LogP contribution >= 0.6 is 24.0 Å². The first-order chi connectivity index (χ1) is 9.80. The molecule has 7 nitrogen and oxygen atoms in total. The lowest BCUT2D eigenvalue weighted by molar-refractivity contribution is 0.581. The van der Waals surface area contributed by atoms with Gasteiger partial charge < -0.3 is 10.6 Å². The zero-order valence-electron chi connectivity index (χ0n) is 13.5. The van der Waals surface area contributed by atoms with Gasteiger partial charge in [0.2, 0.25) is 0 Å². The number of nitrogens with one attached hydrogen (secondary N) is 2. The van der Waals surface area contributed by atoms with E-state index in [4.69, 9.17) is 0 Å². The van der Waals surface area contributed by atoms with Gasteiger partial charge in [-0.3, -0.25) is 9.67 Å². The minimum Gasteiger partial charge on any atom is -0.356 e. The predicted molar refractivity (Wildman–Crippen MR) is 101 cm³/mol. The molecule has 0 bridgehead atoms. The summed E-state index contributed by atoms with van der Waals surface area (Å²) in [5.41, 5.74) is 1.16. The largest absolute Gasteiger partial charge is 0.356 e. The van der Waals surface area contributed by atoms with Crippen LogP contribution in [0.5, 0.6) is 0 Å². The second kappa shape index (κ2) is 10.0. The van der Waals surface area contributed by atoms with E-state index in [1.165, 1.54) is 6.26 Å². The first kappa shape index (κ1) is 21.2. The van der Waals surface area contributed by atoms with Crippen molar-refractivity contribution in [3.63, 3.8) is 0 Å². The van der Waals surface area contributed by atoms with Crippen LogP contribution in [0.3, 0.4) is 0 Å². The number of nitrogens with zero attached hydrogens (tertiary/aromatic N) is 3. The van der Waals surface area contributed by atoms with Gasteiger partial charge >= 0.3 is 0 Å². The monoisotopic (exact) mass is 443 g/mol. The molecule has 22 heavy (non-hydrogen) atoms. The number of sulfone groups is 1. The molecule has 1 aromatic rings. The summed E-state index contributed by atoms with van der Waals surface area (Å²) in [5.74, 6) is 0.855. The smallest absolute Gasteiger partial charge is 0.191 e. The van der Waals surface area contributed by atoms with Crippen molar-refractivity contribution in [1.29, 1.82) is 0 Å². The van der Waals surface area contributed by atoms with Gasteiger partial charge in [-0.05, 0) is 25.3 Å². The third-order valence-corrected chi connectivity index (χ3v) is 3.97. The molecule has 1 atom stereocenters. The van der Waals surface area contributed by atoms with Gasteiger partial charge in [0.1, 0.15) is 9.84 Å². The predicted octanol–water partition coefficient (Wildman–Crippen LogP) is 0.569. The van der Waals surface area contributed by atoms with Crippen LogP contribution in [0.25, 0.3) is 0 Å². The van der Waals surface area contributed by atoms with E-state index in [0.717, 1.165) is 18.5 Å². The van der Waals surface area contributed by atoms with Gasteiger partial charge in [-0.1, -0.05) is 0 Å². The van der Waals surface area contributed by atoms with Crippen LogP contribution < -0.4 is 10.6 Å². The van der Waals surface area contributed by atoms with Crippen LogP contribution in [0.15, 0.2) is 17.4 Å². The average molecular weight is 443 g/mol. The van der Waals surface area contributed by atoms with E-state index in [-0.39, 0.29) is 35.8 Å². The van der Waals surface area contributed by atoms with E-state index in [1.54, 1.807) is 11.7 Å². The van der Waals surface area contributed by atoms with Gasteiger partial charge in [-0.2, -0.15) is 5.10 Å². The molecule has 1 aromatic heterocycles. The molecular formula is C13H26IN5O2S. The van der Waals surface area contributed by atoms with Crippen LogP contribution in [-0.2, 0) is 23.3 Å². The second-order valence-corrected chi connectivity index (χ2v) is 7.49. The maximum absolute atomic E-state index is 11.1. The molecule has 0 aromatic carbocycles. The third-order valence-electron chi connectivity index (χ3n) is 2.99. The molecule has 0 aliphatic rings. The second-order valence-electron chi connectivity index (χ2n) is 5.24. The van der Waals surface area contributed by atoms with Gasteiger partial charge in [0, 0.05) is 39.1 Å². The first-order valence-corrected chi connectivity index (χ1v) is 8.98. The number of aromatic nitrogens is 2. The molecule has 1 unspecified atom stereocenters. The SMILES string of the molecule is CN=C(NCCc1cnn(C)c1)NC(C)CCS(C)(=O)=O.I. The Morgan fingerprint density at radius 1 is 1.50 bits per heavy atom. The van der Waals surface area contributed by atoms with Gasteiger partial charge in [0.15, 0.2) is 5.96 Å². The fourth-order valence-electron chi connectivity index (χ4n) is 1.82. The van der Waals surface area contributed by atoms with Crippen molar-refractivity contribution in [2.75, 3.05) is 25.6 Å². The zero-order chi connectivity index (χ0) is 15.9. The normalized spacial score (nSPS) is 13.4. The molecule has 0 saturated carbocycles. The number of aryl methyl sites for hydroxylation is 1. The molecule has 2 N–H and O–H groups in total. The van der Waals surface area contributed by atoms with Crippen LogP contribution in [0, 0.1) is 0 Å². The molecule has 0 spiro atoms. The third kappa shape index (κ3) is 9.23. The summed E-state index contributed by atoms with van der Waals surface area (Å²) in [6.45, 7) is 2.68. The lowest BCUT2D eigenvalue weighted by Crippen LogP contribution is -2.43. The Labute approximate surface area is 149 Å². The Hall–Kier alpha value is -0.840. The molecule has 0 aliphatic carbocycles. The van der Waals surface area contributed by atoms with Gasteiger partial charge in [0.05, 0.1) is 11.9 Å². The van der Waals surface area contributed by atoms with Crippen molar-refractivity contribution in [1.82, 2.24) is 20.4 Å². The lowest BCUT2D eigenvalue weighted by Gasteiger charge is -2.17. The number of rotatable bonds is 7. The highest BCUT2D eigenvalue weighted by atomic mass is 127. The van der Waals surface area contributed by atoms with Crippen molar-refractivity contribution in [2.24, 2.45) is 12.0 Å². The van der Waals surface area contributed by atoms with Gasteiger partial charge in [-0.15, -0.1) is 24.0 Å². The van der Waals surface area contributed by atoms with E-state index in [9.17, 15) is 8.42 Å². The molecular weight excluding hydrogens is 417 g/mol. The molecule has 0 amide bonds. The minimum absolute atomic E-state index is 0. The average Bonchev–Trinajstić information content (AvgIpc) is 2.80. The van der Waals surface area contributed by atoms with Crippen molar-refractivity contribution in [2.45, 2.75) is 25.8 Å². The topological polar surface area (TPSA) is 88.4 Å². The summed E-state index contributed by atoms with van der Waals surface area (Å²) in [5, 5.41) is 10.5. The number of hydrogen-bond acceptors (Lipinski definition) is 4. The highest BCUT2D eigenvalue weighted by Crippen LogP contribution is 1.97. The van der Waals surface area contributed by atoms with Crippen molar-refractivity contribution in [3.8, 4) is 0 Å². The minimum atomic E-state index is -2.92. The van der Waals surface area contributed by atoms with E-state index in [1.807, 2.05) is 26.4 Å². The quantitative estimate of drug-likeness (QED) is 0.366. The summed E-state index contributed by atoms with van der Waals surface area (Å²) in [7, 11) is 0.665. The maximum Gasteiger partial charge on any atom is 0.191 e. The van der Waals surface area contributed by atoms with Gasteiger partial charge in [0.25, 0.3) is 0 Å². The molecule has 0 fully saturated rings. The van der Waals surface area contributed by atoms with Crippen molar-refractivity contribution >= 4 is 39.8 Å². The van der Waals surface area contributed by atoms with E-state index in [2.05, 4.69) is 20.7 Å². The molecule has 1 rings (SSSR count). The van der Waals surface area contributed by atoms with E-state index < -0.39 is 9.84 Å². The Morgan fingerprint density at radius 3 is 2.68 bits per heavy atom. The van der Waals surface area contributed by atoms with Crippen LogP contribution in [0.1, 0.15) is 18.9 Å². The molecule has 0 saturated heterocycles. The molecule has 0 aliphatic heterocycles. The fourth-order valence-corrected chi connectivity index (χ4v) is 2.60. The Balaban J connectivity index is 0.00000441. The molecule has 9 heteroatoms. The van der Waals surface area contributed by atoms with Crippen LogP contribution in [0.2, 0.25) is 0 Å². The standard InChI is InChI=1S/C13H25N5O2S.HI/c1-11(6-8-21(4,19)20)17-13(14-2)15-7-5-12-9-16-18(3)10-12;/h9-11H,5-8H2,1-4H3,(H2,14,15,17);1H.